The van der Waals surface area contributed by atoms with Crippen molar-refractivity contribution in [3.05, 3.63) is 23.8 Å². The third-order valence-corrected chi connectivity index (χ3v) is 5.12. The minimum Gasteiger partial charge on any atom is -0.326 e. The summed E-state index contributed by atoms with van der Waals surface area (Å²) in [5.41, 5.74) is 1.37. The Morgan fingerprint density at radius 2 is 1.95 bits per heavy atom. The van der Waals surface area contributed by atoms with Crippen molar-refractivity contribution >= 4 is 21.6 Å². The van der Waals surface area contributed by atoms with Crippen LogP contribution in [0, 0.1) is 12.8 Å². The van der Waals surface area contributed by atoms with Crippen molar-refractivity contribution in [1.29, 1.82) is 0 Å². The Hall–Kier alpha value is -1.40. The summed E-state index contributed by atoms with van der Waals surface area (Å²) in [6.07, 6.45) is 0.737. The van der Waals surface area contributed by atoms with Crippen LogP contribution >= 0.6 is 0 Å². The van der Waals surface area contributed by atoms with Crippen LogP contribution in [0.2, 0.25) is 0 Å². The third-order valence-electron chi connectivity index (χ3n) is 3.31. The summed E-state index contributed by atoms with van der Waals surface area (Å²) in [6, 6.07) is 4.75. The van der Waals surface area contributed by atoms with Crippen LogP contribution in [0.25, 0.3) is 0 Å². The molecule has 1 amide bonds. The minimum absolute atomic E-state index is 0.102. The lowest BCUT2D eigenvalue weighted by atomic mass is 10.1. The van der Waals surface area contributed by atoms with Crippen LogP contribution in [0.4, 0.5) is 5.69 Å². The normalized spacial score (nSPS) is 13.3. The first-order valence-corrected chi connectivity index (χ1v) is 7.98. The average Bonchev–Trinajstić information content (AvgIpc) is 2.39. The molecule has 1 N–H and O–H groups in total. The molecular formula is C14H22N2O3S. The number of aryl methyl sites for hydroxylation is 1. The number of carbonyl (C=O) groups is 1. The molecule has 5 nitrogen and oxygen atoms in total. The van der Waals surface area contributed by atoms with Gasteiger partial charge in [-0.1, -0.05) is 19.9 Å². The molecule has 0 aliphatic rings. The fourth-order valence-electron chi connectivity index (χ4n) is 1.55. The molecule has 112 valence electrons. The lowest BCUT2D eigenvalue weighted by molar-refractivity contribution is -0.119. The van der Waals surface area contributed by atoms with Crippen molar-refractivity contribution in [2.24, 2.45) is 5.92 Å². The van der Waals surface area contributed by atoms with Gasteiger partial charge in [0.05, 0.1) is 4.90 Å². The molecule has 1 atom stereocenters. The van der Waals surface area contributed by atoms with E-state index in [1.807, 2.05) is 20.8 Å². The van der Waals surface area contributed by atoms with Gasteiger partial charge in [0, 0.05) is 25.7 Å². The van der Waals surface area contributed by atoms with Crippen LogP contribution in [-0.2, 0) is 14.8 Å². The van der Waals surface area contributed by atoms with Crippen LogP contribution in [0.3, 0.4) is 0 Å². The molecule has 1 aromatic rings. The Bertz CT molecular complexity index is 594. The number of amides is 1. The second-order valence-electron chi connectivity index (χ2n) is 5.06. The summed E-state index contributed by atoms with van der Waals surface area (Å²) in [4.78, 5) is 12.1. The number of anilines is 1. The third kappa shape index (κ3) is 3.58. The highest BCUT2D eigenvalue weighted by Crippen LogP contribution is 2.22. The van der Waals surface area contributed by atoms with E-state index in [0.29, 0.717) is 5.69 Å². The summed E-state index contributed by atoms with van der Waals surface area (Å²) in [7, 11) is -0.538. The molecule has 0 aliphatic carbocycles. The molecule has 0 fully saturated rings. The van der Waals surface area contributed by atoms with E-state index in [9.17, 15) is 13.2 Å². The standard InChI is InChI=1S/C14H22N2O3S/c1-6-10(2)14(17)15-13-9-12(8-7-11(13)3)20(18,19)16(4)5/h7-10H,6H2,1-5H3,(H,15,17)/t10-/m0/s1. The number of nitrogens with one attached hydrogen (secondary N) is 1. The van der Waals surface area contributed by atoms with Crippen molar-refractivity contribution in [2.75, 3.05) is 19.4 Å². The number of nitrogens with zero attached hydrogens (tertiary/aromatic N) is 1. The molecule has 0 spiro atoms. The SMILES string of the molecule is CC[C@H](C)C(=O)Nc1cc(S(=O)(=O)N(C)C)ccc1C. The van der Waals surface area contributed by atoms with Crippen LogP contribution in [0.1, 0.15) is 25.8 Å². The molecule has 0 bridgehead atoms. The molecule has 0 aliphatic heterocycles. The van der Waals surface area contributed by atoms with E-state index in [0.717, 1.165) is 16.3 Å². The molecule has 0 radical (unpaired) electrons. The van der Waals surface area contributed by atoms with Crippen LogP contribution in [0.15, 0.2) is 23.1 Å². The van der Waals surface area contributed by atoms with E-state index >= 15 is 0 Å². The molecule has 0 aromatic heterocycles. The summed E-state index contributed by atoms with van der Waals surface area (Å²) in [5, 5.41) is 2.79. The fraction of sp³-hybridized carbons (Fsp3) is 0.500. The van der Waals surface area contributed by atoms with Crippen LogP contribution < -0.4 is 5.32 Å². The number of sulfonamides is 1. The molecule has 0 unspecified atom stereocenters. The predicted octanol–water partition coefficient (Wildman–Crippen LogP) is 2.23. The maximum Gasteiger partial charge on any atom is 0.242 e. The topological polar surface area (TPSA) is 66.5 Å². The van der Waals surface area contributed by atoms with Gasteiger partial charge < -0.3 is 5.32 Å². The van der Waals surface area contributed by atoms with E-state index in [1.54, 1.807) is 12.1 Å². The van der Waals surface area contributed by atoms with Crippen molar-refractivity contribution in [3.63, 3.8) is 0 Å². The second kappa shape index (κ2) is 6.37. The van der Waals surface area contributed by atoms with Gasteiger partial charge in [-0.05, 0) is 31.0 Å². The molecule has 20 heavy (non-hydrogen) atoms. The van der Waals surface area contributed by atoms with E-state index in [1.165, 1.54) is 20.2 Å². The Morgan fingerprint density at radius 1 is 1.35 bits per heavy atom. The fourth-order valence-corrected chi connectivity index (χ4v) is 2.48. The van der Waals surface area contributed by atoms with Crippen LogP contribution in [0.5, 0.6) is 0 Å². The molecule has 1 rings (SSSR count). The number of rotatable bonds is 5. The Balaban J connectivity index is 3.14. The van der Waals surface area contributed by atoms with E-state index in [-0.39, 0.29) is 16.7 Å². The number of hydrogen-bond acceptors (Lipinski definition) is 3. The Morgan fingerprint density at radius 3 is 2.45 bits per heavy atom. The number of benzene rings is 1. The summed E-state index contributed by atoms with van der Waals surface area (Å²) in [6.45, 7) is 5.60. The lowest BCUT2D eigenvalue weighted by Gasteiger charge is -2.15. The zero-order valence-electron chi connectivity index (χ0n) is 12.6. The maximum atomic E-state index is 12.1. The van der Waals surface area contributed by atoms with Crippen molar-refractivity contribution in [3.8, 4) is 0 Å². The smallest absolute Gasteiger partial charge is 0.242 e. The predicted molar refractivity (Wildman–Crippen MR) is 80.1 cm³/mol. The second-order valence-corrected chi connectivity index (χ2v) is 7.21. The summed E-state index contributed by atoms with van der Waals surface area (Å²) in [5.74, 6) is -0.210. The van der Waals surface area contributed by atoms with Crippen LogP contribution in [-0.4, -0.2) is 32.7 Å². The van der Waals surface area contributed by atoms with Gasteiger partial charge in [0.25, 0.3) is 0 Å². The van der Waals surface area contributed by atoms with Crippen molar-refractivity contribution < 1.29 is 13.2 Å². The lowest BCUT2D eigenvalue weighted by Crippen LogP contribution is -2.23. The maximum absolute atomic E-state index is 12.1. The highest BCUT2D eigenvalue weighted by Gasteiger charge is 2.19. The first kappa shape index (κ1) is 16.7. The molecular weight excluding hydrogens is 276 g/mol. The van der Waals surface area contributed by atoms with Crippen molar-refractivity contribution in [2.45, 2.75) is 32.1 Å². The van der Waals surface area contributed by atoms with Gasteiger partial charge in [-0.3, -0.25) is 4.79 Å². The van der Waals surface area contributed by atoms with Gasteiger partial charge in [0.1, 0.15) is 0 Å². The zero-order chi connectivity index (χ0) is 15.5. The first-order chi connectivity index (χ1) is 9.20. The Kier molecular flexibility index (Phi) is 5.30. The quantitative estimate of drug-likeness (QED) is 0.906. The molecule has 0 saturated carbocycles. The van der Waals surface area contributed by atoms with Gasteiger partial charge in [-0.25, -0.2) is 12.7 Å². The van der Waals surface area contributed by atoms with Gasteiger partial charge in [-0.15, -0.1) is 0 Å². The van der Waals surface area contributed by atoms with Gasteiger partial charge in [0.15, 0.2) is 0 Å². The van der Waals surface area contributed by atoms with Gasteiger partial charge in [-0.2, -0.15) is 0 Å². The highest BCUT2D eigenvalue weighted by molar-refractivity contribution is 7.89. The van der Waals surface area contributed by atoms with Crippen molar-refractivity contribution in [1.82, 2.24) is 4.31 Å². The summed E-state index contributed by atoms with van der Waals surface area (Å²) >= 11 is 0. The highest BCUT2D eigenvalue weighted by atomic mass is 32.2. The van der Waals surface area contributed by atoms with Gasteiger partial charge in [0.2, 0.25) is 15.9 Å². The molecule has 0 heterocycles. The molecule has 1 aromatic carbocycles. The minimum atomic E-state index is -3.50. The first-order valence-electron chi connectivity index (χ1n) is 6.54. The van der Waals surface area contributed by atoms with E-state index in [4.69, 9.17) is 0 Å². The summed E-state index contributed by atoms with van der Waals surface area (Å²) < 4.78 is 25.3. The number of hydrogen-bond donors (Lipinski definition) is 1. The molecule has 0 saturated heterocycles. The zero-order valence-corrected chi connectivity index (χ0v) is 13.4. The average molecular weight is 298 g/mol. The number of carbonyl (C=O) groups excluding carboxylic acids is 1. The Labute approximate surface area is 121 Å². The van der Waals surface area contributed by atoms with Gasteiger partial charge >= 0.3 is 0 Å². The monoisotopic (exact) mass is 298 g/mol. The largest absolute Gasteiger partial charge is 0.326 e. The van der Waals surface area contributed by atoms with E-state index < -0.39 is 10.0 Å². The molecule has 6 heteroatoms. The van der Waals surface area contributed by atoms with E-state index in [2.05, 4.69) is 5.32 Å².